The summed E-state index contributed by atoms with van der Waals surface area (Å²) in [5, 5.41) is 14.5. The molecule has 0 radical (unpaired) electrons. The van der Waals surface area contributed by atoms with Crippen LogP contribution in [0.5, 0.6) is 0 Å². The lowest BCUT2D eigenvalue weighted by molar-refractivity contribution is 0.101. The van der Waals surface area contributed by atoms with Crippen LogP contribution in [0.4, 0.5) is 11.8 Å². The average molecular weight is 391 g/mol. The van der Waals surface area contributed by atoms with Gasteiger partial charge in [-0.15, -0.1) is 10.2 Å². The van der Waals surface area contributed by atoms with Crippen molar-refractivity contribution in [2.24, 2.45) is 0 Å². The fourth-order valence-electron chi connectivity index (χ4n) is 3.39. The van der Waals surface area contributed by atoms with Gasteiger partial charge in [-0.1, -0.05) is 6.07 Å². The number of carbonyl (C=O) groups is 1. The van der Waals surface area contributed by atoms with Gasteiger partial charge in [0.25, 0.3) is 5.56 Å². The van der Waals surface area contributed by atoms with Gasteiger partial charge in [-0.2, -0.15) is 0 Å². The van der Waals surface area contributed by atoms with Crippen LogP contribution in [0.2, 0.25) is 0 Å². The first-order valence-corrected chi connectivity index (χ1v) is 9.46. The van der Waals surface area contributed by atoms with Crippen LogP contribution in [-0.4, -0.2) is 42.6 Å². The Morgan fingerprint density at radius 1 is 1.03 bits per heavy atom. The number of nitrogens with one attached hydrogen (secondary N) is 2. The van der Waals surface area contributed by atoms with Crippen LogP contribution in [0.1, 0.15) is 36.7 Å². The number of rotatable bonds is 6. The van der Waals surface area contributed by atoms with Gasteiger partial charge in [-0.05, 0) is 37.5 Å². The van der Waals surface area contributed by atoms with Gasteiger partial charge in [-0.3, -0.25) is 14.2 Å². The fourth-order valence-corrected chi connectivity index (χ4v) is 3.39. The van der Waals surface area contributed by atoms with Crippen molar-refractivity contribution in [1.29, 1.82) is 0 Å². The van der Waals surface area contributed by atoms with E-state index in [2.05, 4.69) is 30.8 Å². The van der Waals surface area contributed by atoms with Gasteiger partial charge < -0.3 is 10.6 Å². The Morgan fingerprint density at radius 3 is 2.52 bits per heavy atom. The molecule has 0 bridgehead atoms. The molecule has 0 spiro atoms. The predicted molar refractivity (Wildman–Crippen MR) is 108 cm³/mol. The Morgan fingerprint density at radius 2 is 1.86 bits per heavy atom. The molecule has 3 aromatic rings. The maximum atomic E-state index is 11.9. The highest BCUT2D eigenvalue weighted by Crippen LogP contribution is 2.24. The van der Waals surface area contributed by atoms with Gasteiger partial charge >= 0.3 is 0 Å². The van der Waals surface area contributed by atoms with Crippen molar-refractivity contribution in [1.82, 2.24) is 24.7 Å². The minimum Gasteiger partial charge on any atom is -0.367 e. The molecular formula is C20H21N7O2. The van der Waals surface area contributed by atoms with Crippen LogP contribution in [-0.2, 0) is 0 Å². The van der Waals surface area contributed by atoms with Crippen molar-refractivity contribution >= 4 is 17.5 Å². The van der Waals surface area contributed by atoms with Crippen molar-refractivity contribution in [3.8, 4) is 5.69 Å². The van der Waals surface area contributed by atoms with Crippen LogP contribution in [0.15, 0.2) is 53.7 Å². The van der Waals surface area contributed by atoms with E-state index in [1.54, 1.807) is 23.0 Å². The van der Waals surface area contributed by atoms with Crippen LogP contribution < -0.4 is 16.2 Å². The van der Waals surface area contributed by atoms with Gasteiger partial charge in [0.15, 0.2) is 5.78 Å². The second kappa shape index (κ2) is 8.17. The smallest absolute Gasteiger partial charge is 0.255 e. The Balaban J connectivity index is 1.33. The summed E-state index contributed by atoms with van der Waals surface area (Å²) in [6.07, 6.45) is 7.68. The zero-order valence-electron chi connectivity index (χ0n) is 15.9. The number of anilines is 2. The van der Waals surface area contributed by atoms with Crippen LogP contribution in [0, 0.1) is 0 Å². The minimum atomic E-state index is -0.155. The van der Waals surface area contributed by atoms with E-state index in [0.717, 1.165) is 30.8 Å². The predicted octanol–water partition coefficient (Wildman–Crippen LogP) is 2.07. The Labute approximate surface area is 167 Å². The lowest BCUT2D eigenvalue weighted by atomic mass is 10.2. The highest BCUT2D eigenvalue weighted by atomic mass is 16.1. The molecule has 1 fully saturated rings. The number of hydrogen-bond donors (Lipinski definition) is 2. The maximum absolute atomic E-state index is 11.9. The first-order chi connectivity index (χ1) is 14.1. The summed E-state index contributed by atoms with van der Waals surface area (Å²) in [5.41, 5.74) is 0.896. The van der Waals surface area contributed by atoms with Crippen molar-refractivity contribution in [3.63, 3.8) is 0 Å². The number of hydrogen-bond acceptors (Lipinski definition) is 8. The molecule has 0 aliphatic heterocycles. The largest absolute Gasteiger partial charge is 0.367 e. The van der Waals surface area contributed by atoms with E-state index < -0.39 is 0 Å². The van der Waals surface area contributed by atoms with Crippen LogP contribution >= 0.6 is 0 Å². The fraction of sp³-hybridized carbons (Fsp3) is 0.300. The number of ketones is 1. The molecule has 2 atom stereocenters. The topological polar surface area (TPSA) is 115 Å². The van der Waals surface area contributed by atoms with E-state index in [1.807, 2.05) is 18.2 Å². The molecule has 1 aliphatic carbocycles. The highest BCUT2D eigenvalue weighted by molar-refractivity contribution is 5.91. The maximum Gasteiger partial charge on any atom is 0.255 e. The molecule has 0 amide bonds. The summed E-state index contributed by atoms with van der Waals surface area (Å²) in [5.74, 6) is 1.04. The molecule has 0 saturated heterocycles. The van der Waals surface area contributed by atoms with Crippen LogP contribution in [0.25, 0.3) is 5.69 Å². The summed E-state index contributed by atoms with van der Waals surface area (Å²) < 4.78 is 1.55. The molecule has 1 saturated carbocycles. The zero-order chi connectivity index (χ0) is 20.2. The molecule has 3 aromatic heterocycles. The quantitative estimate of drug-likeness (QED) is 0.614. The lowest BCUT2D eigenvalue weighted by Crippen LogP contribution is -2.22. The molecule has 148 valence electrons. The molecule has 0 aromatic carbocycles. The van der Waals surface area contributed by atoms with Gasteiger partial charge in [0.1, 0.15) is 11.5 Å². The van der Waals surface area contributed by atoms with Gasteiger partial charge in [0.2, 0.25) is 5.95 Å². The van der Waals surface area contributed by atoms with E-state index in [0.29, 0.717) is 5.95 Å². The van der Waals surface area contributed by atoms with Gasteiger partial charge in [0, 0.05) is 31.3 Å². The normalized spacial score (nSPS) is 18.4. The third kappa shape index (κ3) is 4.45. The Kier molecular flexibility index (Phi) is 5.28. The van der Waals surface area contributed by atoms with E-state index in [9.17, 15) is 9.59 Å². The monoisotopic (exact) mass is 391 g/mol. The molecule has 0 unspecified atom stereocenters. The number of pyridine rings is 2. The molecule has 9 heteroatoms. The number of carbonyl (C=O) groups excluding carboxylic acids is 1. The summed E-state index contributed by atoms with van der Waals surface area (Å²) in [7, 11) is 0. The summed E-state index contributed by atoms with van der Waals surface area (Å²) in [6, 6.07) is 9.29. The van der Waals surface area contributed by atoms with Gasteiger partial charge in [-0.25, -0.2) is 9.97 Å². The molecular weight excluding hydrogens is 370 g/mol. The van der Waals surface area contributed by atoms with E-state index in [1.165, 1.54) is 19.2 Å². The molecule has 3 heterocycles. The standard InChI is InChI=1S/C20H21N7O2/c1-13(28)17-12-22-20(26-25-17)24-15-6-5-14(10-15)23-18-8-7-16(11-21-18)27-9-3-2-4-19(27)29/h2-4,7-9,11-12,14-15H,5-6,10H2,1H3,(H,21,23)(H,22,24,26)/t14-,15-/m0/s1. The summed E-state index contributed by atoms with van der Waals surface area (Å²) >= 11 is 0. The van der Waals surface area contributed by atoms with E-state index in [-0.39, 0.29) is 29.1 Å². The second-order valence-corrected chi connectivity index (χ2v) is 7.03. The molecule has 29 heavy (non-hydrogen) atoms. The third-order valence-corrected chi connectivity index (χ3v) is 4.89. The SMILES string of the molecule is CC(=O)c1cnc(N[C@H]2CC[C@H](Nc3ccc(-n4ccccc4=O)cn3)C2)nn1. The molecule has 9 nitrogen and oxygen atoms in total. The molecule has 2 N–H and O–H groups in total. The summed E-state index contributed by atoms with van der Waals surface area (Å²) in [4.78, 5) is 31.7. The highest BCUT2D eigenvalue weighted by Gasteiger charge is 2.25. The van der Waals surface area contributed by atoms with E-state index >= 15 is 0 Å². The number of aromatic nitrogens is 5. The zero-order valence-corrected chi connectivity index (χ0v) is 15.9. The third-order valence-electron chi connectivity index (χ3n) is 4.89. The van der Waals surface area contributed by atoms with Crippen molar-refractivity contribution in [2.75, 3.05) is 10.6 Å². The first-order valence-electron chi connectivity index (χ1n) is 9.46. The number of nitrogens with zero attached hydrogens (tertiary/aromatic N) is 5. The van der Waals surface area contributed by atoms with Crippen molar-refractivity contribution < 1.29 is 4.79 Å². The number of Topliss-reactive ketones (excluding diaryl/α,β-unsaturated/α-hetero) is 1. The van der Waals surface area contributed by atoms with Crippen molar-refractivity contribution in [3.05, 3.63) is 65.0 Å². The second-order valence-electron chi connectivity index (χ2n) is 7.03. The first kappa shape index (κ1) is 18.7. The van der Waals surface area contributed by atoms with Crippen LogP contribution in [0.3, 0.4) is 0 Å². The van der Waals surface area contributed by atoms with Crippen molar-refractivity contribution in [2.45, 2.75) is 38.3 Å². The Hall–Kier alpha value is -3.62. The Bertz CT molecular complexity index is 1050. The average Bonchev–Trinajstić information content (AvgIpc) is 3.16. The summed E-state index contributed by atoms with van der Waals surface area (Å²) in [6.45, 7) is 1.44. The molecule has 4 rings (SSSR count). The lowest BCUT2D eigenvalue weighted by Gasteiger charge is -2.15. The van der Waals surface area contributed by atoms with Gasteiger partial charge in [0.05, 0.1) is 18.1 Å². The molecule has 1 aliphatic rings. The minimum absolute atomic E-state index is 0.0900. The van der Waals surface area contributed by atoms with E-state index in [4.69, 9.17) is 0 Å².